The third-order valence-corrected chi connectivity index (χ3v) is 2.02. The average Bonchev–Trinajstić information content (AvgIpc) is 2.71. The van der Waals surface area contributed by atoms with Crippen LogP contribution in [0.3, 0.4) is 0 Å². The summed E-state index contributed by atoms with van der Waals surface area (Å²) in [6.45, 7) is 3.65. The molecule has 7 nitrogen and oxygen atoms in total. The van der Waals surface area contributed by atoms with Gasteiger partial charge in [0.2, 0.25) is 5.82 Å². The van der Waals surface area contributed by atoms with Crippen molar-refractivity contribution >= 4 is 5.69 Å². The van der Waals surface area contributed by atoms with Crippen LogP contribution < -0.4 is 0 Å². The Balaban J connectivity index is 2.58. The molecule has 0 bridgehead atoms. The smallest absolute Gasteiger partial charge is 0.258 e. The minimum absolute atomic E-state index is 0.0822. The van der Waals surface area contributed by atoms with Gasteiger partial charge in [-0.15, -0.1) is 0 Å². The van der Waals surface area contributed by atoms with Crippen LogP contribution in [0.5, 0.6) is 0 Å². The van der Waals surface area contributed by atoms with Crippen LogP contribution in [0, 0.1) is 24.0 Å². The van der Waals surface area contributed by atoms with Gasteiger partial charge in [-0.1, -0.05) is 0 Å². The molecular formula is C8H9N5O2. The van der Waals surface area contributed by atoms with Crippen molar-refractivity contribution < 1.29 is 4.92 Å². The van der Waals surface area contributed by atoms with Crippen LogP contribution in [0.25, 0.3) is 5.82 Å². The maximum absolute atomic E-state index is 10.7. The lowest BCUT2D eigenvalue weighted by Gasteiger charge is -1.98. The molecule has 0 saturated heterocycles. The first-order chi connectivity index (χ1) is 7.09. The second-order valence-electron chi connectivity index (χ2n) is 3.20. The zero-order valence-electron chi connectivity index (χ0n) is 8.26. The summed E-state index contributed by atoms with van der Waals surface area (Å²) < 4.78 is 1.47. The Hall–Kier alpha value is -2.18. The normalized spacial score (nSPS) is 10.5. The van der Waals surface area contributed by atoms with E-state index in [0.717, 1.165) is 11.4 Å². The van der Waals surface area contributed by atoms with Gasteiger partial charge < -0.3 is 0 Å². The van der Waals surface area contributed by atoms with Crippen LogP contribution in [-0.2, 0) is 0 Å². The van der Waals surface area contributed by atoms with Crippen LogP contribution in [0.2, 0.25) is 0 Å². The van der Waals surface area contributed by atoms with Gasteiger partial charge in [0.25, 0.3) is 0 Å². The van der Waals surface area contributed by atoms with E-state index >= 15 is 0 Å². The number of nitro groups is 1. The Kier molecular flexibility index (Phi) is 2.00. The van der Waals surface area contributed by atoms with Gasteiger partial charge in [-0.3, -0.25) is 15.2 Å². The molecule has 0 saturated carbocycles. The van der Waals surface area contributed by atoms with Gasteiger partial charge in [-0.05, 0) is 19.9 Å². The highest BCUT2D eigenvalue weighted by atomic mass is 16.6. The van der Waals surface area contributed by atoms with E-state index in [0.29, 0.717) is 0 Å². The lowest BCUT2D eigenvalue weighted by atomic mass is 10.4. The molecule has 7 heteroatoms. The number of hydrogen-bond donors (Lipinski definition) is 1. The lowest BCUT2D eigenvalue weighted by molar-refractivity contribution is -0.384. The van der Waals surface area contributed by atoms with Crippen molar-refractivity contribution in [1.29, 1.82) is 0 Å². The summed E-state index contributed by atoms with van der Waals surface area (Å²) in [7, 11) is 0. The number of aromatic nitrogens is 4. The number of hydrogen-bond acceptors (Lipinski definition) is 4. The molecule has 0 radical (unpaired) electrons. The minimum Gasteiger partial charge on any atom is -0.258 e. The molecular weight excluding hydrogens is 198 g/mol. The van der Waals surface area contributed by atoms with E-state index in [1.807, 2.05) is 19.9 Å². The van der Waals surface area contributed by atoms with Gasteiger partial charge in [0, 0.05) is 5.69 Å². The molecule has 2 heterocycles. The van der Waals surface area contributed by atoms with Crippen LogP contribution in [0.15, 0.2) is 12.3 Å². The number of nitrogens with zero attached hydrogens (tertiary/aromatic N) is 4. The summed E-state index contributed by atoms with van der Waals surface area (Å²) >= 11 is 0. The van der Waals surface area contributed by atoms with Crippen LogP contribution in [0.4, 0.5) is 5.69 Å². The Morgan fingerprint density at radius 1 is 1.53 bits per heavy atom. The fourth-order valence-electron chi connectivity index (χ4n) is 1.42. The second kappa shape index (κ2) is 3.19. The first kappa shape index (κ1) is 9.38. The second-order valence-corrected chi connectivity index (χ2v) is 3.20. The van der Waals surface area contributed by atoms with E-state index in [4.69, 9.17) is 0 Å². The summed E-state index contributed by atoms with van der Waals surface area (Å²) in [6, 6.07) is 1.84. The molecule has 0 fully saturated rings. The molecule has 0 aliphatic carbocycles. The third-order valence-electron chi connectivity index (χ3n) is 2.02. The lowest BCUT2D eigenvalue weighted by Crippen LogP contribution is -2.02. The first-order valence-corrected chi connectivity index (χ1v) is 4.31. The SMILES string of the molecule is Cc1cc(C)n(-c2[nH]ncc2[N+](=O)[O-])n1. The van der Waals surface area contributed by atoms with E-state index in [1.54, 1.807) is 0 Å². The molecule has 0 aromatic carbocycles. The average molecular weight is 207 g/mol. The maximum atomic E-state index is 10.7. The molecule has 0 spiro atoms. The molecule has 0 aliphatic rings. The summed E-state index contributed by atoms with van der Waals surface area (Å²) in [4.78, 5) is 10.2. The highest BCUT2D eigenvalue weighted by molar-refractivity contribution is 5.45. The first-order valence-electron chi connectivity index (χ1n) is 4.31. The predicted molar refractivity (Wildman–Crippen MR) is 51.8 cm³/mol. The van der Waals surface area contributed by atoms with E-state index in [1.165, 1.54) is 10.9 Å². The maximum Gasteiger partial charge on any atom is 0.333 e. The zero-order valence-corrected chi connectivity index (χ0v) is 8.26. The van der Waals surface area contributed by atoms with Crippen molar-refractivity contribution in [3.8, 4) is 5.82 Å². The minimum atomic E-state index is -0.491. The topological polar surface area (TPSA) is 89.6 Å². The molecule has 0 unspecified atom stereocenters. The van der Waals surface area contributed by atoms with Crippen molar-refractivity contribution in [2.45, 2.75) is 13.8 Å². The molecule has 1 N–H and O–H groups in total. The van der Waals surface area contributed by atoms with Gasteiger partial charge >= 0.3 is 5.69 Å². The summed E-state index contributed by atoms with van der Waals surface area (Å²) in [6.07, 6.45) is 1.17. The van der Waals surface area contributed by atoms with Crippen molar-refractivity contribution in [2.24, 2.45) is 0 Å². The van der Waals surface area contributed by atoms with Crippen LogP contribution >= 0.6 is 0 Å². The van der Waals surface area contributed by atoms with E-state index in [2.05, 4.69) is 15.3 Å². The Bertz CT molecular complexity index is 513. The number of rotatable bonds is 2. The predicted octanol–water partition coefficient (Wildman–Crippen LogP) is 1.12. The molecule has 2 rings (SSSR count). The van der Waals surface area contributed by atoms with Gasteiger partial charge in [0.1, 0.15) is 6.20 Å². The van der Waals surface area contributed by atoms with Crippen molar-refractivity contribution in [3.63, 3.8) is 0 Å². The highest BCUT2D eigenvalue weighted by Gasteiger charge is 2.19. The van der Waals surface area contributed by atoms with Gasteiger partial charge in [0.05, 0.1) is 10.6 Å². The van der Waals surface area contributed by atoms with Gasteiger partial charge in [0.15, 0.2) is 0 Å². The van der Waals surface area contributed by atoms with E-state index in [-0.39, 0.29) is 11.5 Å². The largest absolute Gasteiger partial charge is 0.333 e. The van der Waals surface area contributed by atoms with Crippen LogP contribution in [0.1, 0.15) is 11.4 Å². The molecule has 2 aromatic heterocycles. The number of aryl methyl sites for hydroxylation is 2. The molecule has 0 aliphatic heterocycles. The molecule has 2 aromatic rings. The molecule has 15 heavy (non-hydrogen) atoms. The van der Waals surface area contributed by atoms with Gasteiger partial charge in [-0.2, -0.15) is 10.2 Å². The highest BCUT2D eigenvalue weighted by Crippen LogP contribution is 2.20. The van der Waals surface area contributed by atoms with Crippen molar-refractivity contribution in [3.05, 3.63) is 33.8 Å². The zero-order chi connectivity index (χ0) is 11.0. The molecule has 0 amide bonds. The Morgan fingerprint density at radius 3 is 2.80 bits per heavy atom. The van der Waals surface area contributed by atoms with E-state index < -0.39 is 4.92 Å². The third kappa shape index (κ3) is 1.47. The summed E-state index contributed by atoms with van der Waals surface area (Å²) in [5.41, 5.74) is 1.54. The number of aromatic amines is 1. The number of nitrogens with one attached hydrogen (secondary N) is 1. The Morgan fingerprint density at radius 2 is 2.27 bits per heavy atom. The van der Waals surface area contributed by atoms with Crippen molar-refractivity contribution in [2.75, 3.05) is 0 Å². The summed E-state index contributed by atoms with van der Waals surface area (Å²) in [5.74, 6) is 0.283. The number of H-pyrrole nitrogens is 1. The van der Waals surface area contributed by atoms with Gasteiger partial charge in [-0.25, -0.2) is 4.68 Å². The Labute approximate surface area is 84.9 Å². The molecule has 0 atom stereocenters. The van der Waals surface area contributed by atoms with E-state index in [9.17, 15) is 10.1 Å². The van der Waals surface area contributed by atoms with Crippen molar-refractivity contribution in [1.82, 2.24) is 20.0 Å². The summed E-state index contributed by atoms with van der Waals surface area (Å²) in [5, 5.41) is 21.0. The fourth-order valence-corrected chi connectivity index (χ4v) is 1.42. The van der Waals surface area contributed by atoms with Crippen LogP contribution in [-0.4, -0.2) is 24.9 Å². The quantitative estimate of drug-likeness (QED) is 0.590. The monoisotopic (exact) mass is 207 g/mol. The standard InChI is InChI=1S/C8H9N5O2/c1-5-3-6(2)12(11-5)8-7(13(14)15)4-9-10-8/h3-4H,1-2H3,(H,9,10). The fraction of sp³-hybridized carbons (Fsp3) is 0.250. The molecule has 78 valence electrons.